The molecule has 7 nitrogen and oxygen atoms in total. The second kappa shape index (κ2) is 11.1. The minimum absolute atomic E-state index is 0.291. The highest BCUT2D eigenvalue weighted by atomic mass is 32.2. The second-order valence-corrected chi connectivity index (χ2v) is 10.4. The molecule has 0 radical (unpaired) electrons. The van der Waals surface area contributed by atoms with Crippen LogP contribution >= 0.6 is 0 Å². The lowest BCUT2D eigenvalue weighted by molar-refractivity contribution is -0.137. The van der Waals surface area contributed by atoms with Crippen LogP contribution in [-0.4, -0.2) is 53.7 Å². The van der Waals surface area contributed by atoms with Gasteiger partial charge < -0.3 is 14.4 Å². The number of rotatable bonds is 8. The lowest BCUT2D eigenvalue weighted by atomic mass is 10.1. The Morgan fingerprint density at radius 1 is 0.868 bits per heavy atom. The van der Waals surface area contributed by atoms with E-state index in [-0.39, 0.29) is 5.69 Å². The summed E-state index contributed by atoms with van der Waals surface area (Å²) in [6.07, 6.45) is -4.59. The lowest BCUT2D eigenvalue weighted by Crippen LogP contribution is -2.46. The number of hydrogen-bond acceptors (Lipinski definition) is 6. The number of ether oxygens (including phenoxy) is 2. The van der Waals surface area contributed by atoms with Crippen molar-refractivity contribution in [2.24, 2.45) is 0 Å². The van der Waals surface area contributed by atoms with Gasteiger partial charge in [-0.2, -0.15) is 13.2 Å². The first-order valence-electron chi connectivity index (χ1n) is 11.7. The van der Waals surface area contributed by atoms with Crippen LogP contribution in [-0.2, 0) is 22.7 Å². The molecule has 0 unspecified atom stereocenters. The van der Waals surface area contributed by atoms with Gasteiger partial charge in [-0.1, -0.05) is 6.07 Å². The maximum Gasteiger partial charge on any atom is 0.416 e. The summed E-state index contributed by atoms with van der Waals surface area (Å²) < 4.78 is 91.0. The van der Waals surface area contributed by atoms with Crippen LogP contribution < -0.4 is 19.1 Å². The molecular formula is C26H27F4N3O4S. The van der Waals surface area contributed by atoms with E-state index < -0.39 is 32.5 Å². The van der Waals surface area contributed by atoms with Crippen LogP contribution in [0.4, 0.5) is 28.9 Å². The van der Waals surface area contributed by atoms with Gasteiger partial charge in [0.15, 0.2) is 11.5 Å². The fraction of sp³-hybridized carbons (Fsp3) is 0.308. The Balaban J connectivity index is 1.37. The van der Waals surface area contributed by atoms with Crippen LogP contribution in [0.1, 0.15) is 11.1 Å². The van der Waals surface area contributed by atoms with Gasteiger partial charge >= 0.3 is 6.18 Å². The molecule has 0 saturated carbocycles. The zero-order valence-corrected chi connectivity index (χ0v) is 21.6. The molecule has 38 heavy (non-hydrogen) atoms. The highest BCUT2D eigenvalue weighted by Crippen LogP contribution is 2.31. The van der Waals surface area contributed by atoms with Crippen molar-refractivity contribution in [3.8, 4) is 11.5 Å². The van der Waals surface area contributed by atoms with E-state index >= 15 is 0 Å². The van der Waals surface area contributed by atoms with Crippen LogP contribution in [0, 0.1) is 5.82 Å². The molecule has 3 aromatic carbocycles. The predicted octanol–water partition coefficient (Wildman–Crippen LogP) is 4.98. The summed E-state index contributed by atoms with van der Waals surface area (Å²) in [6.45, 7) is 3.47. The Morgan fingerprint density at radius 2 is 1.53 bits per heavy atom. The largest absolute Gasteiger partial charge is 0.493 e. The van der Waals surface area contributed by atoms with Crippen molar-refractivity contribution in [3.63, 3.8) is 0 Å². The first-order chi connectivity index (χ1) is 18.0. The van der Waals surface area contributed by atoms with Crippen molar-refractivity contribution in [2.45, 2.75) is 17.6 Å². The standard InChI is InChI=1S/C26H27F4N3O4S/c1-36-24-10-3-18(15-25(24)37-2)17-32-11-13-33(14-12-32)20-6-9-23(22(27)16-20)31-38(34,35)21-7-4-19(5-8-21)26(28,29)30/h3-10,15-16,31H,11-14,17H2,1-2H3. The van der Waals surface area contributed by atoms with Gasteiger partial charge in [-0.25, -0.2) is 12.8 Å². The smallest absolute Gasteiger partial charge is 0.416 e. The van der Waals surface area contributed by atoms with Crippen molar-refractivity contribution in [2.75, 3.05) is 50.0 Å². The molecule has 0 atom stereocenters. The van der Waals surface area contributed by atoms with Crippen molar-refractivity contribution >= 4 is 21.4 Å². The van der Waals surface area contributed by atoms with Gasteiger partial charge in [-0.15, -0.1) is 0 Å². The molecule has 1 fully saturated rings. The summed E-state index contributed by atoms with van der Waals surface area (Å²) in [5.74, 6) is 0.534. The minimum Gasteiger partial charge on any atom is -0.493 e. The zero-order valence-electron chi connectivity index (χ0n) is 20.8. The second-order valence-electron chi connectivity index (χ2n) is 8.74. The summed E-state index contributed by atoms with van der Waals surface area (Å²) in [5.41, 5.74) is 0.411. The summed E-state index contributed by atoms with van der Waals surface area (Å²) in [6, 6.07) is 12.9. The van der Waals surface area contributed by atoms with Crippen molar-refractivity contribution in [1.29, 1.82) is 0 Å². The summed E-state index contributed by atoms with van der Waals surface area (Å²) >= 11 is 0. The Hall–Kier alpha value is -3.51. The third-order valence-corrected chi connectivity index (χ3v) is 7.66. The lowest BCUT2D eigenvalue weighted by Gasteiger charge is -2.36. The van der Waals surface area contributed by atoms with E-state index in [1.807, 2.05) is 23.1 Å². The van der Waals surface area contributed by atoms with Gasteiger partial charge in [0.05, 0.1) is 30.4 Å². The molecule has 1 heterocycles. The number of piperazine rings is 1. The third-order valence-electron chi connectivity index (χ3n) is 6.28. The number of alkyl halides is 3. The topological polar surface area (TPSA) is 71.1 Å². The summed E-state index contributed by atoms with van der Waals surface area (Å²) in [4.78, 5) is 3.86. The molecule has 1 saturated heterocycles. The number of hydrogen-bond donors (Lipinski definition) is 1. The Kier molecular flexibility index (Phi) is 8.02. The average molecular weight is 554 g/mol. The van der Waals surface area contributed by atoms with Gasteiger partial charge in [0.25, 0.3) is 10.0 Å². The number of halogens is 4. The minimum atomic E-state index is -4.59. The number of nitrogens with zero attached hydrogens (tertiary/aromatic N) is 2. The van der Waals surface area contributed by atoms with Crippen molar-refractivity contribution in [3.05, 3.63) is 77.6 Å². The molecule has 0 spiro atoms. The number of benzene rings is 3. The maximum atomic E-state index is 14.8. The van der Waals surface area contributed by atoms with E-state index in [0.717, 1.165) is 30.8 Å². The van der Waals surface area contributed by atoms with Gasteiger partial charge in [-0.05, 0) is 60.2 Å². The highest BCUT2D eigenvalue weighted by Gasteiger charge is 2.31. The van der Waals surface area contributed by atoms with Crippen LogP contribution in [0.3, 0.4) is 0 Å². The van der Waals surface area contributed by atoms with E-state index in [9.17, 15) is 26.0 Å². The number of methoxy groups -OCH3 is 2. The van der Waals surface area contributed by atoms with Crippen LogP contribution in [0.2, 0.25) is 0 Å². The molecule has 204 valence electrons. The molecule has 12 heteroatoms. The van der Waals surface area contributed by atoms with Crippen molar-refractivity contribution in [1.82, 2.24) is 4.90 Å². The van der Waals surface area contributed by atoms with Crippen LogP contribution in [0.25, 0.3) is 0 Å². The Bertz CT molecular complexity index is 1370. The quantitative estimate of drug-likeness (QED) is 0.397. The fourth-order valence-electron chi connectivity index (χ4n) is 4.21. The van der Waals surface area contributed by atoms with Crippen LogP contribution in [0.15, 0.2) is 65.6 Å². The molecule has 0 aliphatic carbocycles. The predicted molar refractivity (Wildman–Crippen MR) is 136 cm³/mol. The van der Waals surface area contributed by atoms with Crippen molar-refractivity contribution < 1.29 is 35.5 Å². The number of anilines is 2. The van der Waals surface area contributed by atoms with Gasteiger partial charge in [0, 0.05) is 38.4 Å². The molecule has 1 aliphatic heterocycles. The SMILES string of the molecule is COc1ccc(CN2CCN(c3ccc(NS(=O)(=O)c4ccc(C(F)(F)F)cc4)c(F)c3)CC2)cc1OC. The molecule has 1 aliphatic rings. The molecule has 0 amide bonds. The first kappa shape index (κ1) is 27.5. The van der Waals surface area contributed by atoms with E-state index in [1.165, 1.54) is 12.1 Å². The fourth-order valence-corrected chi connectivity index (χ4v) is 5.28. The molecule has 1 N–H and O–H groups in total. The molecule has 0 aromatic heterocycles. The number of sulfonamides is 1. The molecular weight excluding hydrogens is 526 g/mol. The normalized spacial score (nSPS) is 14.8. The number of nitrogens with one attached hydrogen (secondary N) is 1. The average Bonchev–Trinajstić information content (AvgIpc) is 2.89. The third kappa shape index (κ3) is 6.30. The monoisotopic (exact) mass is 553 g/mol. The van der Waals surface area contributed by atoms with E-state index in [0.29, 0.717) is 49.0 Å². The molecule has 4 rings (SSSR count). The Morgan fingerprint density at radius 3 is 2.11 bits per heavy atom. The zero-order chi connectivity index (χ0) is 27.5. The van der Waals surface area contributed by atoms with E-state index in [2.05, 4.69) is 9.62 Å². The first-order valence-corrected chi connectivity index (χ1v) is 13.2. The Labute approximate surface area is 218 Å². The van der Waals surface area contributed by atoms with Gasteiger partial charge in [0.1, 0.15) is 5.82 Å². The van der Waals surface area contributed by atoms with E-state index in [4.69, 9.17) is 9.47 Å². The molecule has 3 aromatic rings. The maximum absolute atomic E-state index is 14.8. The molecule has 0 bridgehead atoms. The van der Waals surface area contributed by atoms with Crippen LogP contribution in [0.5, 0.6) is 11.5 Å². The summed E-state index contributed by atoms with van der Waals surface area (Å²) in [5, 5.41) is 0. The summed E-state index contributed by atoms with van der Waals surface area (Å²) in [7, 11) is -1.11. The van der Waals surface area contributed by atoms with Gasteiger partial charge in [-0.3, -0.25) is 9.62 Å². The van der Waals surface area contributed by atoms with E-state index in [1.54, 1.807) is 20.3 Å². The highest BCUT2D eigenvalue weighted by molar-refractivity contribution is 7.92. The van der Waals surface area contributed by atoms with Gasteiger partial charge in [0.2, 0.25) is 0 Å².